The molecule has 0 aliphatic rings. The quantitative estimate of drug-likeness (QED) is 0.464. The highest BCUT2D eigenvalue weighted by molar-refractivity contribution is 9.10. The van der Waals surface area contributed by atoms with Gasteiger partial charge in [-0.25, -0.2) is 0 Å². The van der Waals surface area contributed by atoms with E-state index in [-0.39, 0.29) is 10.7 Å². The minimum absolute atomic E-state index is 0.0292. The van der Waals surface area contributed by atoms with Crippen molar-refractivity contribution >= 4 is 45.1 Å². The number of anilines is 1. The van der Waals surface area contributed by atoms with Gasteiger partial charge in [-0.2, -0.15) is 0 Å². The number of halogens is 1. The van der Waals surface area contributed by atoms with Crippen molar-refractivity contribution in [1.82, 2.24) is 0 Å². The molecule has 4 nitrogen and oxygen atoms in total. The van der Waals surface area contributed by atoms with Crippen molar-refractivity contribution in [3.05, 3.63) is 28.7 Å². The predicted molar refractivity (Wildman–Crippen MR) is 93.0 cm³/mol. The first kappa shape index (κ1) is 18.2. The maximum Gasteiger partial charge on any atom is 0.224 e. The van der Waals surface area contributed by atoms with Gasteiger partial charge in [0.05, 0.1) is 6.21 Å². The van der Waals surface area contributed by atoms with Crippen molar-refractivity contribution in [3.63, 3.8) is 0 Å². The summed E-state index contributed by atoms with van der Waals surface area (Å²) in [6.45, 7) is 5.64. The fraction of sp³-hybridized carbons (Fsp3) is 0.467. The molecule has 0 bridgehead atoms. The SMILES string of the molecule is CC(C)(C)[S+]([O-])N=CCCCC(=O)Nc1cccc(Br)c1. The van der Waals surface area contributed by atoms with Gasteiger partial charge >= 0.3 is 0 Å². The maximum absolute atomic E-state index is 11.7. The highest BCUT2D eigenvalue weighted by Gasteiger charge is 2.25. The van der Waals surface area contributed by atoms with Crippen molar-refractivity contribution < 1.29 is 9.35 Å². The molecular formula is C15H21BrN2O2S. The molecular weight excluding hydrogens is 352 g/mol. The number of amides is 1. The number of hydrogen-bond acceptors (Lipinski definition) is 3. The number of nitrogens with zero attached hydrogens (tertiary/aromatic N) is 1. The lowest BCUT2D eigenvalue weighted by molar-refractivity contribution is -0.116. The monoisotopic (exact) mass is 372 g/mol. The third kappa shape index (κ3) is 7.64. The molecule has 0 saturated heterocycles. The van der Waals surface area contributed by atoms with E-state index in [0.717, 1.165) is 10.2 Å². The van der Waals surface area contributed by atoms with Crippen molar-refractivity contribution in [3.8, 4) is 0 Å². The zero-order valence-electron chi connectivity index (χ0n) is 12.6. The van der Waals surface area contributed by atoms with Crippen LogP contribution in [-0.4, -0.2) is 21.4 Å². The van der Waals surface area contributed by atoms with E-state index >= 15 is 0 Å². The summed E-state index contributed by atoms with van der Waals surface area (Å²) >= 11 is 2.14. The topological polar surface area (TPSA) is 64.5 Å². The van der Waals surface area contributed by atoms with Crippen LogP contribution in [0.15, 0.2) is 33.1 Å². The van der Waals surface area contributed by atoms with Gasteiger partial charge in [-0.15, -0.1) is 0 Å². The highest BCUT2D eigenvalue weighted by atomic mass is 79.9. The Morgan fingerprint density at radius 3 is 2.81 bits per heavy atom. The molecule has 1 N–H and O–H groups in total. The second kappa shape index (κ2) is 8.56. The van der Waals surface area contributed by atoms with Crippen molar-refractivity contribution in [2.45, 2.75) is 44.8 Å². The van der Waals surface area contributed by atoms with E-state index in [1.54, 1.807) is 6.21 Å². The summed E-state index contributed by atoms with van der Waals surface area (Å²) in [6.07, 6.45) is 3.40. The third-order valence-electron chi connectivity index (χ3n) is 2.54. The lowest BCUT2D eigenvalue weighted by Crippen LogP contribution is -2.25. The summed E-state index contributed by atoms with van der Waals surface area (Å²) < 4.78 is 16.3. The molecule has 1 aromatic carbocycles. The second-order valence-electron chi connectivity index (χ2n) is 5.60. The number of carbonyl (C=O) groups excluding carboxylic acids is 1. The Kier molecular flexibility index (Phi) is 7.42. The van der Waals surface area contributed by atoms with Gasteiger partial charge in [-0.05, 0) is 51.8 Å². The molecule has 1 atom stereocenters. The van der Waals surface area contributed by atoms with E-state index in [2.05, 4.69) is 25.6 Å². The zero-order chi connectivity index (χ0) is 15.9. The van der Waals surface area contributed by atoms with Gasteiger partial charge in [0.1, 0.15) is 16.1 Å². The van der Waals surface area contributed by atoms with Gasteiger partial charge in [0.15, 0.2) is 0 Å². The van der Waals surface area contributed by atoms with Crippen LogP contribution in [0.4, 0.5) is 5.69 Å². The predicted octanol–water partition coefficient (Wildman–Crippen LogP) is 4.09. The molecule has 0 radical (unpaired) electrons. The van der Waals surface area contributed by atoms with E-state index in [9.17, 15) is 9.35 Å². The molecule has 0 aliphatic heterocycles. The van der Waals surface area contributed by atoms with Crippen LogP contribution in [0, 0.1) is 0 Å². The first-order chi connectivity index (χ1) is 9.79. The minimum Gasteiger partial charge on any atom is -0.591 e. The zero-order valence-corrected chi connectivity index (χ0v) is 15.0. The Hall–Kier alpha value is -0.850. The smallest absolute Gasteiger partial charge is 0.224 e. The van der Waals surface area contributed by atoms with Gasteiger partial charge in [0.2, 0.25) is 5.91 Å². The van der Waals surface area contributed by atoms with Crippen LogP contribution in [0.25, 0.3) is 0 Å². The first-order valence-corrected chi connectivity index (χ1v) is 8.69. The summed E-state index contributed by atoms with van der Waals surface area (Å²) in [5.41, 5.74) is 0.775. The molecule has 0 spiro atoms. The number of benzene rings is 1. The molecule has 116 valence electrons. The fourth-order valence-electron chi connectivity index (χ4n) is 1.42. The summed E-state index contributed by atoms with van der Waals surface area (Å²) in [6, 6.07) is 7.47. The van der Waals surface area contributed by atoms with Crippen molar-refractivity contribution in [2.24, 2.45) is 4.40 Å². The summed E-state index contributed by atoms with van der Waals surface area (Å²) in [4.78, 5) is 11.7. The molecule has 0 saturated carbocycles. The van der Waals surface area contributed by atoms with Gasteiger partial charge in [-0.3, -0.25) is 4.79 Å². The van der Waals surface area contributed by atoms with Crippen LogP contribution < -0.4 is 5.32 Å². The van der Waals surface area contributed by atoms with Gasteiger partial charge in [0, 0.05) is 16.6 Å². The molecule has 0 heterocycles. The van der Waals surface area contributed by atoms with Gasteiger partial charge in [-0.1, -0.05) is 26.4 Å². The molecule has 1 unspecified atom stereocenters. The minimum atomic E-state index is -1.22. The standard InChI is InChI=1S/C15H21BrN2O2S/c1-15(2,3)21(20)17-10-5-4-9-14(19)18-13-8-6-7-12(16)11-13/h6-8,10-11H,4-5,9H2,1-3H3,(H,18,19). The Bertz CT molecular complexity index is 501. The first-order valence-electron chi connectivity index (χ1n) is 6.79. The van der Waals surface area contributed by atoms with Crippen LogP contribution in [0.2, 0.25) is 0 Å². The molecule has 21 heavy (non-hydrogen) atoms. The van der Waals surface area contributed by atoms with Gasteiger partial charge in [0.25, 0.3) is 0 Å². The van der Waals surface area contributed by atoms with E-state index in [0.29, 0.717) is 19.3 Å². The van der Waals surface area contributed by atoms with E-state index in [4.69, 9.17) is 0 Å². The molecule has 1 rings (SSSR count). The Labute approximate surface area is 137 Å². The van der Waals surface area contributed by atoms with Crippen LogP contribution >= 0.6 is 15.9 Å². The van der Waals surface area contributed by atoms with Crippen LogP contribution in [0.1, 0.15) is 40.0 Å². The van der Waals surface area contributed by atoms with Crippen LogP contribution in [-0.2, 0) is 16.2 Å². The lowest BCUT2D eigenvalue weighted by atomic mass is 10.2. The molecule has 0 fully saturated rings. The number of carbonyl (C=O) groups is 1. The number of rotatable bonds is 6. The number of nitrogens with one attached hydrogen (secondary N) is 1. The Balaban J connectivity index is 2.27. The molecule has 0 aliphatic carbocycles. The van der Waals surface area contributed by atoms with E-state index in [1.807, 2.05) is 45.0 Å². The number of hydrogen-bond donors (Lipinski definition) is 1. The molecule has 1 aromatic rings. The highest BCUT2D eigenvalue weighted by Crippen LogP contribution is 2.17. The summed E-state index contributed by atoms with van der Waals surface area (Å²) in [5.74, 6) is -0.0292. The van der Waals surface area contributed by atoms with Crippen LogP contribution in [0.5, 0.6) is 0 Å². The fourth-order valence-corrected chi connectivity index (χ4v) is 2.38. The maximum atomic E-state index is 11.7. The van der Waals surface area contributed by atoms with Crippen molar-refractivity contribution in [1.29, 1.82) is 0 Å². The second-order valence-corrected chi connectivity index (χ2v) is 8.45. The van der Waals surface area contributed by atoms with Gasteiger partial charge < -0.3 is 9.87 Å². The summed E-state index contributed by atoms with van der Waals surface area (Å²) in [7, 11) is 0. The molecule has 1 amide bonds. The average molecular weight is 373 g/mol. The lowest BCUT2D eigenvalue weighted by Gasteiger charge is -2.17. The summed E-state index contributed by atoms with van der Waals surface area (Å²) in [5, 5.41) is 2.83. The third-order valence-corrected chi connectivity index (χ3v) is 4.42. The molecule has 0 aromatic heterocycles. The largest absolute Gasteiger partial charge is 0.591 e. The van der Waals surface area contributed by atoms with E-state index < -0.39 is 11.4 Å². The van der Waals surface area contributed by atoms with Crippen molar-refractivity contribution in [2.75, 3.05) is 5.32 Å². The average Bonchev–Trinajstić information content (AvgIpc) is 2.36. The Morgan fingerprint density at radius 1 is 1.48 bits per heavy atom. The van der Waals surface area contributed by atoms with Crippen LogP contribution in [0.3, 0.4) is 0 Å². The normalized spacial score (nSPS) is 13.4. The van der Waals surface area contributed by atoms with E-state index in [1.165, 1.54) is 0 Å². The molecule has 6 heteroatoms. The number of unbranched alkanes of at least 4 members (excludes halogenated alkanes) is 1. The Morgan fingerprint density at radius 2 is 2.19 bits per heavy atom.